The zero-order valence-electron chi connectivity index (χ0n) is 12.9. The Morgan fingerprint density at radius 1 is 0.958 bits per heavy atom. The van der Waals surface area contributed by atoms with E-state index in [0.717, 1.165) is 24.5 Å². The maximum absolute atomic E-state index is 14.3. The van der Waals surface area contributed by atoms with E-state index in [1.807, 2.05) is 0 Å². The van der Waals surface area contributed by atoms with Crippen molar-refractivity contribution in [1.82, 2.24) is 4.57 Å². The number of sulfone groups is 1. The van der Waals surface area contributed by atoms with Crippen molar-refractivity contribution in [2.75, 3.05) is 6.26 Å². The van der Waals surface area contributed by atoms with Crippen molar-refractivity contribution in [3.8, 4) is 11.1 Å². The van der Waals surface area contributed by atoms with Crippen LogP contribution in [0, 0.1) is 11.6 Å². The summed E-state index contributed by atoms with van der Waals surface area (Å²) in [6, 6.07) is 7.01. The number of nitrogens with zero attached hydrogens (tertiary/aromatic N) is 1. The second-order valence-corrected chi connectivity index (χ2v) is 7.58. The molecule has 0 aliphatic carbocycles. The molecule has 0 saturated carbocycles. The minimum Gasteiger partial charge on any atom is -0.317 e. The fourth-order valence-electron chi connectivity index (χ4n) is 2.59. The van der Waals surface area contributed by atoms with Gasteiger partial charge in [0.1, 0.15) is 11.6 Å². The Morgan fingerprint density at radius 2 is 1.67 bits per heavy atom. The molecule has 0 radical (unpaired) electrons. The lowest BCUT2D eigenvalue weighted by atomic mass is 10.00. The maximum Gasteiger partial charge on any atom is 0.258 e. The third kappa shape index (κ3) is 2.71. The monoisotopic (exact) mass is 349 g/mol. The summed E-state index contributed by atoms with van der Waals surface area (Å²) in [6.07, 6.45) is 2.39. The number of fused-ring (bicyclic) bond motifs is 1. The largest absolute Gasteiger partial charge is 0.317 e. The van der Waals surface area contributed by atoms with Crippen LogP contribution in [0.15, 0.2) is 52.3 Å². The molecule has 24 heavy (non-hydrogen) atoms. The molecule has 4 nitrogen and oxygen atoms in total. The molecule has 124 valence electrons. The number of aromatic nitrogens is 1. The Labute approximate surface area is 136 Å². The van der Waals surface area contributed by atoms with Crippen molar-refractivity contribution in [2.45, 2.75) is 4.90 Å². The summed E-state index contributed by atoms with van der Waals surface area (Å²) in [5.41, 5.74) is -0.118. The molecule has 0 fully saturated rings. The molecule has 0 N–H and O–H groups in total. The smallest absolute Gasteiger partial charge is 0.258 e. The van der Waals surface area contributed by atoms with Gasteiger partial charge in [0.15, 0.2) is 9.84 Å². The van der Waals surface area contributed by atoms with Crippen LogP contribution in [0.4, 0.5) is 8.78 Å². The number of aryl methyl sites for hydroxylation is 1. The fourth-order valence-corrected chi connectivity index (χ4v) is 3.24. The van der Waals surface area contributed by atoms with E-state index >= 15 is 0 Å². The van der Waals surface area contributed by atoms with Gasteiger partial charge in [-0.1, -0.05) is 0 Å². The summed E-state index contributed by atoms with van der Waals surface area (Å²) in [4.78, 5) is 12.1. The number of halogens is 2. The quantitative estimate of drug-likeness (QED) is 0.669. The first-order valence-corrected chi connectivity index (χ1v) is 8.86. The highest BCUT2D eigenvalue weighted by molar-refractivity contribution is 7.90. The van der Waals surface area contributed by atoms with Gasteiger partial charge in [-0.25, -0.2) is 17.2 Å². The molecule has 3 rings (SSSR count). The van der Waals surface area contributed by atoms with Crippen LogP contribution in [0.2, 0.25) is 0 Å². The molecular formula is C17H13F2NO3S. The van der Waals surface area contributed by atoms with Crippen molar-refractivity contribution in [2.24, 2.45) is 7.05 Å². The molecule has 0 bridgehead atoms. The average Bonchev–Trinajstić information content (AvgIpc) is 2.50. The minimum atomic E-state index is -3.54. The summed E-state index contributed by atoms with van der Waals surface area (Å²) in [6.45, 7) is 0. The summed E-state index contributed by atoms with van der Waals surface area (Å²) in [7, 11) is -2.05. The van der Waals surface area contributed by atoms with E-state index in [1.54, 1.807) is 0 Å². The predicted molar refractivity (Wildman–Crippen MR) is 87.7 cm³/mol. The summed E-state index contributed by atoms with van der Waals surface area (Å²) < 4.78 is 52.7. The summed E-state index contributed by atoms with van der Waals surface area (Å²) in [5, 5.41) is 0.447. The first-order valence-electron chi connectivity index (χ1n) is 6.97. The highest BCUT2D eigenvalue weighted by Crippen LogP contribution is 2.31. The van der Waals surface area contributed by atoms with Crippen molar-refractivity contribution >= 4 is 20.6 Å². The number of rotatable bonds is 2. The molecule has 0 aliphatic heterocycles. The van der Waals surface area contributed by atoms with Crippen molar-refractivity contribution < 1.29 is 17.2 Å². The van der Waals surface area contributed by atoms with E-state index in [4.69, 9.17) is 0 Å². The lowest BCUT2D eigenvalue weighted by molar-refractivity contribution is 0.600. The van der Waals surface area contributed by atoms with Gasteiger partial charge < -0.3 is 4.57 Å². The molecule has 3 aromatic rings. The average molecular weight is 349 g/mol. The van der Waals surface area contributed by atoms with E-state index in [9.17, 15) is 22.0 Å². The topological polar surface area (TPSA) is 56.1 Å². The Bertz CT molecular complexity index is 1130. The first-order chi connectivity index (χ1) is 11.2. The van der Waals surface area contributed by atoms with Gasteiger partial charge in [0.25, 0.3) is 5.56 Å². The van der Waals surface area contributed by atoms with Crippen molar-refractivity contribution in [3.05, 3.63) is 64.6 Å². The van der Waals surface area contributed by atoms with Crippen LogP contribution < -0.4 is 5.56 Å². The first kappa shape index (κ1) is 16.3. The van der Waals surface area contributed by atoms with Crippen LogP contribution in [-0.2, 0) is 16.9 Å². The van der Waals surface area contributed by atoms with Gasteiger partial charge in [0, 0.05) is 36.0 Å². The number of pyridine rings is 1. The van der Waals surface area contributed by atoms with E-state index < -0.39 is 21.5 Å². The zero-order chi connectivity index (χ0) is 17.6. The Morgan fingerprint density at radius 3 is 2.33 bits per heavy atom. The van der Waals surface area contributed by atoms with Crippen LogP contribution in [0.25, 0.3) is 21.9 Å². The molecule has 0 saturated heterocycles. The third-order valence-electron chi connectivity index (χ3n) is 3.80. The molecular weight excluding hydrogens is 336 g/mol. The molecule has 1 aromatic heterocycles. The second kappa shape index (κ2) is 5.52. The molecule has 7 heteroatoms. The minimum absolute atomic E-state index is 0.0101. The number of hydrogen-bond donors (Lipinski definition) is 0. The standard InChI is InChI=1S/C17H13F2NO3S/c1-20-9-15(13-7-10(18)3-5-12(13)17(20)21)14-8-11(24(2,22)23)4-6-16(14)19/h3-9H,1-2H3. The van der Waals surface area contributed by atoms with E-state index in [0.29, 0.717) is 0 Å². The normalized spacial score (nSPS) is 11.8. The van der Waals surface area contributed by atoms with Gasteiger partial charge in [-0.3, -0.25) is 4.79 Å². The molecule has 0 amide bonds. The number of hydrogen-bond acceptors (Lipinski definition) is 3. The van der Waals surface area contributed by atoms with Gasteiger partial charge in [-0.15, -0.1) is 0 Å². The highest BCUT2D eigenvalue weighted by atomic mass is 32.2. The van der Waals surface area contributed by atoms with E-state index in [1.165, 1.54) is 36.0 Å². The van der Waals surface area contributed by atoms with Crippen molar-refractivity contribution in [3.63, 3.8) is 0 Å². The molecule has 0 atom stereocenters. The fraction of sp³-hybridized carbons (Fsp3) is 0.118. The Balaban J connectivity index is 2.45. The van der Waals surface area contributed by atoms with Crippen LogP contribution in [0.5, 0.6) is 0 Å². The highest BCUT2D eigenvalue weighted by Gasteiger charge is 2.16. The van der Waals surface area contributed by atoms with Crippen molar-refractivity contribution in [1.29, 1.82) is 0 Å². The third-order valence-corrected chi connectivity index (χ3v) is 4.91. The lowest BCUT2D eigenvalue weighted by Gasteiger charge is -2.12. The summed E-state index contributed by atoms with van der Waals surface area (Å²) in [5.74, 6) is -1.23. The number of benzene rings is 2. The molecule has 2 aromatic carbocycles. The second-order valence-electron chi connectivity index (χ2n) is 5.56. The van der Waals surface area contributed by atoms with Crippen LogP contribution >= 0.6 is 0 Å². The van der Waals surface area contributed by atoms with Gasteiger partial charge >= 0.3 is 0 Å². The molecule has 0 spiro atoms. The van der Waals surface area contributed by atoms with Crippen LogP contribution in [0.3, 0.4) is 0 Å². The zero-order valence-corrected chi connectivity index (χ0v) is 13.7. The predicted octanol–water partition coefficient (Wildman–Crippen LogP) is 2.89. The van der Waals surface area contributed by atoms with Gasteiger partial charge in [0.05, 0.1) is 4.90 Å². The van der Waals surface area contributed by atoms with E-state index in [-0.39, 0.29) is 32.4 Å². The SMILES string of the molecule is Cn1cc(-c2cc(S(C)(=O)=O)ccc2F)c2cc(F)ccc2c1=O. The van der Waals surface area contributed by atoms with Gasteiger partial charge in [0.2, 0.25) is 0 Å². The Hall–Kier alpha value is -2.54. The lowest BCUT2D eigenvalue weighted by Crippen LogP contribution is -2.16. The maximum atomic E-state index is 14.3. The van der Waals surface area contributed by atoms with Gasteiger partial charge in [-0.2, -0.15) is 0 Å². The van der Waals surface area contributed by atoms with Crippen LogP contribution in [-0.4, -0.2) is 19.2 Å². The van der Waals surface area contributed by atoms with Crippen LogP contribution in [0.1, 0.15) is 0 Å². The Kier molecular flexibility index (Phi) is 3.76. The van der Waals surface area contributed by atoms with E-state index in [2.05, 4.69) is 0 Å². The molecule has 1 heterocycles. The molecule has 0 aliphatic rings. The summed E-state index contributed by atoms with van der Waals surface area (Å²) >= 11 is 0. The molecule has 0 unspecified atom stereocenters. The van der Waals surface area contributed by atoms with Gasteiger partial charge in [-0.05, 0) is 41.8 Å².